The molecule has 0 bridgehead atoms. The van der Waals surface area contributed by atoms with Gasteiger partial charge in [-0.05, 0) is 13.5 Å². The molecule has 1 rings (SSSR count). The van der Waals surface area contributed by atoms with Crippen molar-refractivity contribution in [1.29, 1.82) is 0 Å². The van der Waals surface area contributed by atoms with Crippen LogP contribution in [0.4, 0.5) is 0 Å². The van der Waals surface area contributed by atoms with Gasteiger partial charge in [0.25, 0.3) is 0 Å². The van der Waals surface area contributed by atoms with E-state index in [-0.39, 0.29) is 0 Å². The van der Waals surface area contributed by atoms with Crippen LogP contribution in [-0.4, -0.2) is 68.8 Å². The van der Waals surface area contributed by atoms with Crippen molar-refractivity contribution in [3.05, 3.63) is 0 Å². The fourth-order valence-corrected chi connectivity index (χ4v) is 2.10. The highest BCUT2D eigenvalue weighted by Crippen LogP contribution is 2.06. The topological polar surface area (TPSA) is 41.7 Å². The van der Waals surface area contributed by atoms with Crippen LogP contribution >= 0.6 is 0 Å². The zero-order valence-corrected chi connectivity index (χ0v) is 10.8. The van der Waals surface area contributed by atoms with E-state index in [0.29, 0.717) is 6.04 Å². The maximum atomic E-state index is 5.80. The summed E-state index contributed by atoms with van der Waals surface area (Å²) in [4.78, 5) is 4.82. The van der Waals surface area contributed by atoms with E-state index in [4.69, 9.17) is 10.5 Å². The second-order valence-corrected chi connectivity index (χ2v) is 4.65. The first kappa shape index (κ1) is 13.9. The van der Waals surface area contributed by atoms with Crippen LogP contribution < -0.4 is 5.73 Å². The Labute approximate surface area is 99.7 Å². The third-order valence-electron chi connectivity index (χ3n) is 3.24. The Balaban J connectivity index is 2.14. The van der Waals surface area contributed by atoms with E-state index in [2.05, 4.69) is 23.8 Å². The van der Waals surface area contributed by atoms with Crippen LogP contribution in [0.5, 0.6) is 0 Å². The summed E-state index contributed by atoms with van der Waals surface area (Å²) in [5.74, 6) is 0. The van der Waals surface area contributed by atoms with Crippen molar-refractivity contribution in [2.45, 2.75) is 25.8 Å². The highest BCUT2D eigenvalue weighted by atomic mass is 16.5. The van der Waals surface area contributed by atoms with Crippen LogP contribution in [0.25, 0.3) is 0 Å². The first-order valence-electron chi connectivity index (χ1n) is 6.48. The molecule has 1 aliphatic rings. The second-order valence-electron chi connectivity index (χ2n) is 4.65. The van der Waals surface area contributed by atoms with Gasteiger partial charge in [0.15, 0.2) is 0 Å². The third kappa shape index (κ3) is 4.78. The minimum Gasteiger partial charge on any atom is -0.380 e. The average Bonchev–Trinajstić information content (AvgIpc) is 2.30. The number of ether oxygens (including phenoxy) is 1. The molecule has 1 fully saturated rings. The first-order valence-corrected chi connectivity index (χ1v) is 6.48. The summed E-state index contributed by atoms with van der Waals surface area (Å²) in [6.45, 7) is 9.07. The predicted molar refractivity (Wildman–Crippen MR) is 67.6 cm³/mol. The van der Waals surface area contributed by atoms with Crippen LogP contribution in [0.2, 0.25) is 0 Å². The fourth-order valence-electron chi connectivity index (χ4n) is 2.10. The summed E-state index contributed by atoms with van der Waals surface area (Å²) in [5.41, 5.74) is 5.80. The van der Waals surface area contributed by atoms with Gasteiger partial charge < -0.3 is 15.4 Å². The van der Waals surface area contributed by atoms with Crippen molar-refractivity contribution in [2.75, 3.05) is 53.0 Å². The maximum absolute atomic E-state index is 5.80. The van der Waals surface area contributed by atoms with Crippen molar-refractivity contribution in [1.82, 2.24) is 9.80 Å². The Kier molecular flexibility index (Phi) is 6.96. The summed E-state index contributed by atoms with van der Waals surface area (Å²) in [5, 5.41) is 0. The minimum absolute atomic E-state index is 0.508. The third-order valence-corrected chi connectivity index (χ3v) is 3.24. The number of rotatable bonds is 7. The highest BCUT2D eigenvalue weighted by molar-refractivity contribution is 4.81. The van der Waals surface area contributed by atoms with E-state index >= 15 is 0 Å². The molecule has 1 aliphatic heterocycles. The maximum Gasteiger partial charge on any atom is 0.0593 e. The summed E-state index contributed by atoms with van der Waals surface area (Å²) in [6.07, 6.45) is 2.38. The molecular weight excluding hydrogens is 202 g/mol. The van der Waals surface area contributed by atoms with Crippen LogP contribution in [0.3, 0.4) is 0 Å². The molecule has 0 radical (unpaired) electrons. The Bertz CT molecular complexity index is 178. The number of nitrogens with zero attached hydrogens (tertiary/aromatic N) is 2. The number of likely N-dealkylation sites (N-methyl/N-ethyl adjacent to an activating group) is 1. The molecule has 0 saturated carbocycles. The molecule has 4 nitrogen and oxygen atoms in total. The van der Waals surface area contributed by atoms with Gasteiger partial charge in [-0.25, -0.2) is 0 Å². The van der Waals surface area contributed by atoms with E-state index < -0.39 is 0 Å². The molecule has 1 heterocycles. The largest absolute Gasteiger partial charge is 0.380 e. The molecule has 0 aliphatic carbocycles. The molecule has 0 aromatic rings. The van der Waals surface area contributed by atoms with Gasteiger partial charge in [-0.15, -0.1) is 0 Å². The fraction of sp³-hybridized carbons (Fsp3) is 1.00. The predicted octanol–water partition coefficient (Wildman–Crippen LogP) is 0.378. The van der Waals surface area contributed by atoms with Crippen molar-refractivity contribution in [3.8, 4) is 0 Å². The Morgan fingerprint density at radius 1 is 1.31 bits per heavy atom. The zero-order chi connectivity index (χ0) is 11.8. The number of piperazine rings is 1. The number of hydrogen-bond acceptors (Lipinski definition) is 4. The molecule has 0 aromatic carbocycles. The number of hydrogen-bond donors (Lipinski definition) is 1. The molecule has 0 amide bonds. The van der Waals surface area contributed by atoms with Crippen molar-refractivity contribution >= 4 is 0 Å². The van der Waals surface area contributed by atoms with Crippen LogP contribution in [0.15, 0.2) is 0 Å². The van der Waals surface area contributed by atoms with Gasteiger partial charge in [-0.1, -0.05) is 13.3 Å². The van der Waals surface area contributed by atoms with Gasteiger partial charge in [0.05, 0.1) is 6.61 Å². The lowest BCUT2D eigenvalue weighted by Gasteiger charge is -2.39. The summed E-state index contributed by atoms with van der Waals surface area (Å²) >= 11 is 0. The molecule has 16 heavy (non-hydrogen) atoms. The smallest absolute Gasteiger partial charge is 0.0593 e. The van der Waals surface area contributed by atoms with E-state index in [9.17, 15) is 0 Å². The van der Waals surface area contributed by atoms with E-state index in [0.717, 1.165) is 45.9 Å². The van der Waals surface area contributed by atoms with Crippen LogP contribution in [0.1, 0.15) is 19.8 Å². The standard InChI is InChI=1S/C12H27N3O/c1-3-4-8-16-9-7-15-6-5-14(2)11-12(15)10-13/h12H,3-11,13H2,1-2H3. The lowest BCUT2D eigenvalue weighted by Crippen LogP contribution is -2.55. The van der Waals surface area contributed by atoms with Gasteiger partial charge in [-0.2, -0.15) is 0 Å². The average molecular weight is 229 g/mol. The normalized spacial score (nSPS) is 23.8. The second kappa shape index (κ2) is 8.01. The molecule has 0 spiro atoms. The van der Waals surface area contributed by atoms with Gasteiger partial charge >= 0.3 is 0 Å². The summed E-state index contributed by atoms with van der Waals surface area (Å²) in [7, 11) is 2.16. The SMILES string of the molecule is CCCCOCCN1CCN(C)CC1CN. The van der Waals surface area contributed by atoms with Gasteiger partial charge in [0, 0.05) is 45.4 Å². The first-order chi connectivity index (χ1) is 7.77. The van der Waals surface area contributed by atoms with E-state index in [1.165, 1.54) is 12.8 Å². The molecule has 1 saturated heterocycles. The molecule has 4 heteroatoms. The van der Waals surface area contributed by atoms with Crippen LogP contribution in [-0.2, 0) is 4.74 Å². The molecule has 96 valence electrons. The molecule has 1 atom stereocenters. The molecule has 0 aromatic heterocycles. The van der Waals surface area contributed by atoms with Crippen molar-refractivity contribution in [2.24, 2.45) is 5.73 Å². The Morgan fingerprint density at radius 3 is 2.81 bits per heavy atom. The van der Waals surface area contributed by atoms with E-state index in [1.54, 1.807) is 0 Å². The summed E-state index contributed by atoms with van der Waals surface area (Å²) < 4.78 is 5.60. The highest BCUT2D eigenvalue weighted by Gasteiger charge is 2.23. The van der Waals surface area contributed by atoms with Crippen LogP contribution in [0, 0.1) is 0 Å². The number of nitrogens with two attached hydrogens (primary N) is 1. The molecular formula is C12H27N3O. The van der Waals surface area contributed by atoms with Gasteiger partial charge in [0.1, 0.15) is 0 Å². The lowest BCUT2D eigenvalue weighted by atomic mass is 10.2. The van der Waals surface area contributed by atoms with E-state index in [1.807, 2.05) is 0 Å². The lowest BCUT2D eigenvalue weighted by molar-refractivity contribution is 0.0503. The quantitative estimate of drug-likeness (QED) is 0.641. The minimum atomic E-state index is 0.508. The van der Waals surface area contributed by atoms with Crippen molar-refractivity contribution < 1.29 is 4.74 Å². The Hall–Kier alpha value is -0.160. The number of unbranched alkanes of at least 4 members (excludes halogenated alkanes) is 1. The zero-order valence-electron chi connectivity index (χ0n) is 10.8. The van der Waals surface area contributed by atoms with Gasteiger partial charge in [0.2, 0.25) is 0 Å². The molecule has 2 N–H and O–H groups in total. The monoisotopic (exact) mass is 229 g/mol. The Morgan fingerprint density at radius 2 is 2.12 bits per heavy atom. The van der Waals surface area contributed by atoms with Crippen molar-refractivity contribution in [3.63, 3.8) is 0 Å². The molecule has 1 unspecified atom stereocenters. The summed E-state index contributed by atoms with van der Waals surface area (Å²) in [6, 6.07) is 0.508. The van der Waals surface area contributed by atoms with Gasteiger partial charge in [-0.3, -0.25) is 4.90 Å².